The minimum absolute atomic E-state index is 0.0738. The van der Waals surface area contributed by atoms with E-state index in [0.717, 1.165) is 30.8 Å². The molecule has 168 valence electrons. The number of carbonyl (C=O) groups excluding carboxylic acids is 2. The third-order valence-corrected chi connectivity index (χ3v) is 4.82. The number of amides is 2. The molecule has 3 rings (SSSR count). The van der Waals surface area contributed by atoms with E-state index >= 15 is 0 Å². The number of carbonyl (C=O) groups is 2. The molecule has 1 heterocycles. The summed E-state index contributed by atoms with van der Waals surface area (Å²) in [5.41, 5.74) is 8.25. The number of benzene rings is 1. The van der Waals surface area contributed by atoms with Crippen LogP contribution in [0.5, 0.6) is 0 Å². The van der Waals surface area contributed by atoms with Crippen molar-refractivity contribution >= 4 is 23.8 Å². The summed E-state index contributed by atoms with van der Waals surface area (Å²) in [6.07, 6.45) is 3.70. The number of nitrogens with one attached hydrogen (secondary N) is 3. The number of hydrogen-bond acceptors (Lipinski definition) is 6. The maximum Gasteiger partial charge on any atom is 0.271 e. The molecule has 1 fully saturated rings. The number of aryl methyl sites for hydroxylation is 1. The molecule has 31 heavy (non-hydrogen) atoms. The minimum Gasteiger partial charge on any atom is -0.364 e. The number of hydrogen-bond donors (Lipinski definition) is 4. The van der Waals surface area contributed by atoms with Crippen LogP contribution in [0.15, 0.2) is 18.2 Å². The first kappa shape index (κ1) is 24.2. The van der Waals surface area contributed by atoms with Crippen LogP contribution in [0.4, 0.5) is 15.9 Å². The van der Waals surface area contributed by atoms with Gasteiger partial charge >= 0.3 is 0 Å². The summed E-state index contributed by atoms with van der Waals surface area (Å²) in [5, 5.41) is 8.49. The van der Waals surface area contributed by atoms with Crippen LogP contribution >= 0.6 is 0 Å². The maximum absolute atomic E-state index is 14.0. The first-order valence-electron chi connectivity index (χ1n) is 10.5. The molecule has 1 aliphatic carbocycles. The largest absolute Gasteiger partial charge is 0.364 e. The van der Waals surface area contributed by atoms with Crippen LogP contribution in [-0.2, 0) is 17.6 Å². The maximum atomic E-state index is 14.0. The van der Waals surface area contributed by atoms with Gasteiger partial charge in [0.2, 0.25) is 6.41 Å². The van der Waals surface area contributed by atoms with Crippen LogP contribution < -0.4 is 21.7 Å². The quantitative estimate of drug-likeness (QED) is 0.339. The topological polar surface area (TPSA) is 122 Å². The lowest BCUT2D eigenvalue weighted by Gasteiger charge is -2.14. The van der Waals surface area contributed by atoms with Gasteiger partial charge in [-0.15, -0.1) is 0 Å². The molecule has 0 bridgehead atoms. The van der Waals surface area contributed by atoms with E-state index in [9.17, 15) is 14.0 Å². The Morgan fingerprint density at radius 1 is 1.29 bits per heavy atom. The molecule has 1 aromatic heterocycles. The van der Waals surface area contributed by atoms with Crippen molar-refractivity contribution in [3.8, 4) is 0 Å². The lowest BCUT2D eigenvalue weighted by Crippen LogP contribution is -2.19. The van der Waals surface area contributed by atoms with E-state index in [2.05, 4.69) is 32.8 Å². The van der Waals surface area contributed by atoms with Crippen LogP contribution in [0.2, 0.25) is 0 Å². The van der Waals surface area contributed by atoms with Crippen molar-refractivity contribution < 1.29 is 14.0 Å². The second-order valence-electron chi connectivity index (χ2n) is 7.21. The minimum atomic E-state index is -0.667. The van der Waals surface area contributed by atoms with Crippen molar-refractivity contribution in [2.24, 2.45) is 5.73 Å². The Balaban J connectivity index is 0.000000785. The van der Waals surface area contributed by atoms with Crippen LogP contribution in [-0.4, -0.2) is 42.4 Å². The zero-order chi connectivity index (χ0) is 22.8. The van der Waals surface area contributed by atoms with E-state index < -0.39 is 5.91 Å². The summed E-state index contributed by atoms with van der Waals surface area (Å²) in [6.45, 7) is 5.43. The average molecular weight is 431 g/mol. The molecule has 2 amide bonds. The highest BCUT2D eigenvalue weighted by Crippen LogP contribution is 2.41. The Bertz CT molecular complexity index is 900. The lowest BCUT2D eigenvalue weighted by molar-refractivity contribution is -0.109. The van der Waals surface area contributed by atoms with E-state index in [0.29, 0.717) is 43.0 Å². The van der Waals surface area contributed by atoms with E-state index in [1.807, 2.05) is 14.0 Å². The predicted octanol–water partition coefficient (Wildman–Crippen LogP) is 2.41. The zero-order valence-electron chi connectivity index (χ0n) is 18.3. The molecule has 1 saturated carbocycles. The monoisotopic (exact) mass is 430 g/mol. The second kappa shape index (κ2) is 11.9. The lowest BCUT2D eigenvalue weighted by atomic mass is 10.1. The number of primary amides is 1. The normalized spacial score (nSPS) is 12.5. The van der Waals surface area contributed by atoms with E-state index in [4.69, 9.17) is 5.73 Å². The van der Waals surface area contributed by atoms with Crippen molar-refractivity contribution in [2.75, 3.05) is 25.5 Å². The fourth-order valence-electron chi connectivity index (χ4n) is 2.93. The highest BCUT2D eigenvalue weighted by atomic mass is 19.1. The van der Waals surface area contributed by atoms with Crippen LogP contribution in [0.25, 0.3) is 0 Å². The molecule has 0 saturated heterocycles. The van der Waals surface area contributed by atoms with Crippen molar-refractivity contribution in [1.29, 1.82) is 0 Å². The molecule has 2 aromatic rings. The van der Waals surface area contributed by atoms with Crippen molar-refractivity contribution in [1.82, 2.24) is 20.6 Å². The summed E-state index contributed by atoms with van der Waals surface area (Å²) in [7, 11) is 1.93. The molecule has 0 atom stereocenters. The van der Waals surface area contributed by atoms with Gasteiger partial charge < -0.3 is 21.7 Å². The molecular weight excluding hydrogens is 399 g/mol. The molecule has 1 aliphatic rings. The van der Waals surface area contributed by atoms with Gasteiger partial charge in [-0.3, -0.25) is 9.59 Å². The van der Waals surface area contributed by atoms with Gasteiger partial charge in [0.15, 0.2) is 11.5 Å². The van der Waals surface area contributed by atoms with E-state index in [1.165, 1.54) is 6.07 Å². The van der Waals surface area contributed by atoms with Gasteiger partial charge in [-0.1, -0.05) is 13.8 Å². The van der Waals surface area contributed by atoms with Gasteiger partial charge in [-0.05, 0) is 63.0 Å². The molecule has 1 aromatic carbocycles. The molecule has 9 heteroatoms. The summed E-state index contributed by atoms with van der Waals surface area (Å²) in [5.74, 6) is -0.382. The molecule has 8 nitrogen and oxygen atoms in total. The van der Waals surface area contributed by atoms with Gasteiger partial charge in [0, 0.05) is 18.2 Å². The highest BCUT2D eigenvalue weighted by molar-refractivity contribution is 5.96. The number of anilines is 2. The average Bonchev–Trinajstić information content (AvgIpc) is 3.61. The van der Waals surface area contributed by atoms with Gasteiger partial charge in [0.05, 0.1) is 11.4 Å². The van der Waals surface area contributed by atoms with Gasteiger partial charge in [-0.2, -0.15) is 0 Å². The summed E-state index contributed by atoms with van der Waals surface area (Å²) in [6, 6.07) is 4.51. The number of nitrogens with two attached hydrogens (primary N) is 1. The Morgan fingerprint density at radius 2 is 2.00 bits per heavy atom. The van der Waals surface area contributed by atoms with Crippen molar-refractivity contribution in [2.45, 2.75) is 45.4 Å². The number of aromatic nitrogens is 2. The SMILES string of the molecule is CCNC.CCc1nc(C(N)=O)c(Nc2ccc(F)c(CCNC=O)c2)nc1C1CC1. The molecule has 5 N–H and O–H groups in total. The Kier molecular flexibility index (Phi) is 9.33. The number of halogens is 1. The number of rotatable bonds is 10. The Labute approximate surface area is 182 Å². The Morgan fingerprint density at radius 3 is 2.55 bits per heavy atom. The van der Waals surface area contributed by atoms with Crippen LogP contribution in [0.3, 0.4) is 0 Å². The van der Waals surface area contributed by atoms with E-state index in [1.54, 1.807) is 12.1 Å². The number of nitrogens with zero attached hydrogens (tertiary/aromatic N) is 2. The highest BCUT2D eigenvalue weighted by Gasteiger charge is 2.30. The summed E-state index contributed by atoms with van der Waals surface area (Å²) < 4.78 is 14.0. The second-order valence-corrected chi connectivity index (χ2v) is 7.21. The molecule has 0 radical (unpaired) electrons. The third-order valence-electron chi connectivity index (χ3n) is 4.82. The molecule has 0 unspecified atom stereocenters. The first-order valence-corrected chi connectivity index (χ1v) is 10.5. The fraction of sp³-hybridized carbons (Fsp3) is 0.455. The third kappa shape index (κ3) is 6.99. The van der Waals surface area contributed by atoms with Crippen molar-refractivity contribution in [3.63, 3.8) is 0 Å². The zero-order valence-corrected chi connectivity index (χ0v) is 18.3. The fourth-order valence-corrected chi connectivity index (χ4v) is 2.93. The van der Waals surface area contributed by atoms with Gasteiger partial charge in [0.1, 0.15) is 5.82 Å². The van der Waals surface area contributed by atoms with Crippen LogP contribution in [0.1, 0.15) is 60.0 Å². The Hall–Kier alpha value is -3.07. The standard InChI is InChI=1S/C19H22FN5O2.C3H9N/c1-2-15-16(11-3-4-11)25-19(17(24-15)18(21)27)23-13-5-6-14(20)12(9-13)7-8-22-10-26;1-3-4-2/h5-6,9-11H,2-4,7-8H2,1H3,(H2,21,27)(H,22,26)(H,23,25);4H,3H2,1-2H3. The summed E-state index contributed by atoms with van der Waals surface area (Å²) in [4.78, 5) is 31.3. The molecule has 0 aliphatic heterocycles. The molecular formula is C22H31FN6O2. The smallest absolute Gasteiger partial charge is 0.271 e. The first-order chi connectivity index (χ1) is 14.9. The van der Waals surface area contributed by atoms with Crippen molar-refractivity contribution in [3.05, 3.63) is 46.7 Å². The summed E-state index contributed by atoms with van der Waals surface area (Å²) >= 11 is 0. The van der Waals surface area contributed by atoms with E-state index in [-0.39, 0.29) is 17.3 Å². The van der Waals surface area contributed by atoms with Crippen LogP contribution in [0, 0.1) is 5.82 Å². The predicted molar refractivity (Wildman–Crippen MR) is 119 cm³/mol. The van der Waals surface area contributed by atoms with Gasteiger partial charge in [0.25, 0.3) is 5.91 Å². The van der Waals surface area contributed by atoms with Gasteiger partial charge in [-0.25, -0.2) is 14.4 Å². The molecule has 0 spiro atoms.